The van der Waals surface area contributed by atoms with Gasteiger partial charge in [0.25, 0.3) is 0 Å². The van der Waals surface area contributed by atoms with Crippen LogP contribution in [0.3, 0.4) is 0 Å². The Morgan fingerprint density at radius 2 is 0.909 bits per heavy atom. The van der Waals surface area contributed by atoms with E-state index in [0.717, 1.165) is 9.80 Å². The number of nitrogens with zero attached hydrogens (tertiary/aromatic N) is 7. The van der Waals surface area contributed by atoms with Crippen LogP contribution in [0.1, 0.15) is 162 Å². The lowest BCUT2D eigenvalue weighted by atomic mass is 9.90. The summed E-state index contributed by atoms with van der Waals surface area (Å²) in [4.78, 5) is 181. The normalized spacial score (nSPS) is 26.2. The standard InChI is InChI=1S/C63H113N11O14/c1-25-43-59(83)68(17)33-48(75)69(18)44(29-34(2)3)56(80)67-50(38(10)11)62(86)70(19)45(30-35(4)5)55(79)64-41(15)54(78)65-42(16)58(82)71(20)46(31-36(6)7)60(84)72(21)47(32-37(8)9)61(85)73(22)51(39(12)13)63(87)74(23)52(57(81)66-43)53(77)40(14)27-26-28-49(76)88-24/h34-47,50-53,77H,25-33H2,1-24H3,(H,64,79)(H,65,78)(H,66,81)(H,67,80)/t40-,41+,42-,43+,44+,45-,46+,47-,50+,51+,52+,53-/m1/s1. The fourth-order valence-electron chi connectivity index (χ4n) is 11.0. The van der Waals surface area contributed by atoms with Crippen molar-refractivity contribution in [1.29, 1.82) is 0 Å². The van der Waals surface area contributed by atoms with Crippen molar-refractivity contribution in [2.45, 2.75) is 229 Å². The third-order valence-electron chi connectivity index (χ3n) is 16.6. The van der Waals surface area contributed by atoms with Gasteiger partial charge in [-0.25, -0.2) is 0 Å². The summed E-state index contributed by atoms with van der Waals surface area (Å²) in [6.45, 7) is 27.2. The zero-order valence-electron chi connectivity index (χ0n) is 57.6. The maximum atomic E-state index is 15.2. The molecule has 88 heavy (non-hydrogen) atoms. The average molecular weight is 1250 g/mol. The molecule has 0 saturated carbocycles. The van der Waals surface area contributed by atoms with Crippen molar-refractivity contribution in [3.63, 3.8) is 0 Å². The second-order valence-electron chi connectivity index (χ2n) is 26.8. The molecular formula is C63H113N11O14. The number of aliphatic hydroxyl groups is 1. The Morgan fingerprint density at radius 1 is 0.489 bits per heavy atom. The number of rotatable bonds is 17. The first kappa shape index (κ1) is 79.6. The molecule has 0 aromatic carbocycles. The summed E-state index contributed by atoms with van der Waals surface area (Å²) in [6.07, 6.45) is -0.637. The number of hydrogen-bond acceptors (Lipinski definition) is 14. The van der Waals surface area contributed by atoms with E-state index in [-0.39, 0.29) is 75.0 Å². The zero-order valence-corrected chi connectivity index (χ0v) is 57.6. The topological polar surface area (TPSA) is 305 Å². The molecule has 11 amide bonds. The molecule has 0 unspecified atom stereocenters. The van der Waals surface area contributed by atoms with Gasteiger partial charge in [-0.3, -0.25) is 57.5 Å². The van der Waals surface area contributed by atoms with Crippen LogP contribution in [0, 0.1) is 41.4 Å². The minimum Gasteiger partial charge on any atom is -0.469 e. The summed E-state index contributed by atoms with van der Waals surface area (Å²) in [5.41, 5.74) is 0. The maximum absolute atomic E-state index is 15.2. The highest BCUT2D eigenvalue weighted by Crippen LogP contribution is 2.26. The summed E-state index contributed by atoms with van der Waals surface area (Å²) < 4.78 is 4.80. The van der Waals surface area contributed by atoms with Crippen LogP contribution in [0.15, 0.2) is 0 Å². The van der Waals surface area contributed by atoms with E-state index in [1.54, 1.807) is 41.5 Å². The Hall–Kier alpha value is -6.40. The third-order valence-corrected chi connectivity index (χ3v) is 16.6. The molecule has 0 aliphatic carbocycles. The van der Waals surface area contributed by atoms with E-state index in [9.17, 15) is 53.1 Å². The van der Waals surface area contributed by atoms with Crippen LogP contribution in [0.25, 0.3) is 0 Å². The lowest BCUT2D eigenvalue weighted by Crippen LogP contribution is -2.63. The molecule has 1 aliphatic heterocycles. The van der Waals surface area contributed by atoms with Gasteiger partial charge < -0.3 is 65.4 Å². The van der Waals surface area contributed by atoms with Crippen LogP contribution in [0.5, 0.6) is 0 Å². The molecule has 12 atom stereocenters. The lowest BCUT2D eigenvalue weighted by molar-refractivity contribution is -0.157. The van der Waals surface area contributed by atoms with Crippen molar-refractivity contribution in [2.75, 3.05) is 63.0 Å². The quantitative estimate of drug-likeness (QED) is 0.131. The number of likely N-dealkylation sites (N-methyl/N-ethyl adjacent to an activating group) is 7. The predicted molar refractivity (Wildman–Crippen MR) is 335 cm³/mol. The van der Waals surface area contributed by atoms with Gasteiger partial charge in [0.2, 0.25) is 65.0 Å². The molecule has 0 aromatic heterocycles. The first-order chi connectivity index (χ1) is 40.6. The van der Waals surface area contributed by atoms with Crippen LogP contribution in [0.2, 0.25) is 0 Å². The number of esters is 1. The zero-order chi connectivity index (χ0) is 68.3. The van der Waals surface area contributed by atoms with Gasteiger partial charge in [-0.1, -0.05) is 96.9 Å². The number of methoxy groups -OCH3 is 1. The van der Waals surface area contributed by atoms with Gasteiger partial charge in [0, 0.05) is 55.8 Å². The largest absolute Gasteiger partial charge is 0.469 e. The Labute approximate surface area is 525 Å². The average Bonchev–Trinajstić information content (AvgIpc) is 2.89. The summed E-state index contributed by atoms with van der Waals surface area (Å²) >= 11 is 0. The van der Waals surface area contributed by atoms with E-state index < -0.39 is 162 Å². The van der Waals surface area contributed by atoms with Crippen molar-refractivity contribution >= 4 is 70.9 Å². The number of aliphatic hydroxyl groups excluding tert-OH is 1. The molecule has 0 spiro atoms. The summed E-state index contributed by atoms with van der Waals surface area (Å²) in [6, 6.07) is -12.7. The van der Waals surface area contributed by atoms with E-state index in [1.165, 1.54) is 94.8 Å². The van der Waals surface area contributed by atoms with Gasteiger partial charge in [-0.2, -0.15) is 0 Å². The molecule has 5 N–H and O–H groups in total. The SMILES string of the molecule is CC[C@@H]1NC(=O)[C@H]([C@H](O)[C@H](C)CCCC(=O)OC)N(C)C(=O)[C@H](C(C)C)N(C)C(=O)[C@@H](CC(C)C)N(C)C(=O)[C@H](CC(C)C)N(C)C(=O)[C@@H](C)NC(=O)[C@H](C)NC(=O)[C@@H](CC(C)C)N(C)C(=O)[C@H](C(C)C)NC(=O)[C@H](CC(C)C)N(C)C(=O)CN(C)C1=O. The van der Waals surface area contributed by atoms with Gasteiger partial charge in [0.15, 0.2) is 0 Å². The van der Waals surface area contributed by atoms with E-state index in [1.807, 2.05) is 55.4 Å². The fourth-order valence-corrected chi connectivity index (χ4v) is 11.0. The summed E-state index contributed by atoms with van der Waals surface area (Å²) in [5, 5.41) is 23.1. The van der Waals surface area contributed by atoms with Crippen molar-refractivity contribution in [3.05, 3.63) is 0 Å². The summed E-state index contributed by atoms with van der Waals surface area (Å²) in [7, 11) is 11.0. The second-order valence-corrected chi connectivity index (χ2v) is 26.8. The molecule has 25 heteroatoms. The minimum absolute atomic E-state index is 0.00280. The maximum Gasteiger partial charge on any atom is 0.305 e. The molecule has 0 aromatic rings. The van der Waals surface area contributed by atoms with Gasteiger partial charge in [-0.15, -0.1) is 0 Å². The molecule has 0 bridgehead atoms. The molecule has 25 nitrogen and oxygen atoms in total. The van der Waals surface area contributed by atoms with Crippen molar-refractivity contribution in [1.82, 2.24) is 55.6 Å². The van der Waals surface area contributed by atoms with Crippen LogP contribution in [0.4, 0.5) is 0 Å². The highest BCUT2D eigenvalue weighted by molar-refractivity contribution is 5.99. The molecule has 504 valence electrons. The highest BCUT2D eigenvalue weighted by Gasteiger charge is 2.46. The van der Waals surface area contributed by atoms with E-state index in [0.29, 0.717) is 0 Å². The number of hydrogen-bond donors (Lipinski definition) is 5. The number of carbonyl (C=O) groups excluding carboxylic acids is 12. The lowest BCUT2D eigenvalue weighted by Gasteiger charge is -2.41. The molecular weight excluding hydrogens is 1130 g/mol. The minimum atomic E-state index is -1.70. The predicted octanol–water partition coefficient (Wildman–Crippen LogP) is 2.65. The number of nitrogens with one attached hydrogen (secondary N) is 4. The van der Waals surface area contributed by atoms with Crippen molar-refractivity contribution < 1.29 is 67.4 Å². The Balaban J connectivity index is 4.34. The van der Waals surface area contributed by atoms with Crippen LogP contribution in [-0.4, -0.2) is 240 Å². The molecule has 1 rings (SSSR count). The summed E-state index contributed by atoms with van der Waals surface area (Å²) in [5.74, 6) is -10.8. The van der Waals surface area contributed by atoms with Crippen LogP contribution >= 0.6 is 0 Å². The Kier molecular flexibility index (Phi) is 32.8. The molecule has 1 heterocycles. The Bertz CT molecular complexity index is 2400. The highest BCUT2D eigenvalue weighted by atomic mass is 16.5. The van der Waals surface area contributed by atoms with Gasteiger partial charge >= 0.3 is 5.97 Å². The number of carbonyl (C=O) groups is 12. The van der Waals surface area contributed by atoms with E-state index in [4.69, 9.17) is 4.74 Å². The van der Waals surface area contributed by atoms with Crippen LogP contribution < -0.4 is 21.3 Å². The first-order valence-electron chi connectivity index (χ1n) is 31.4. The molecule has 1 saturated heterocycles. The fraction of sp³-hybridized carbons (Fsp3) is 0.810. The first-order valence-corrected chi connectivity index (χ1v) is 31.4. The monoisotopic (exact) mass is 1250 g/mol. The second kappa shape index (κ2) is 36.3. The number of amides is 11. The Morgan fingerprint density at radius 3 is 1.36 bits per heavy atom. The molecule has 0 radical (unpaired) electrons. The van der Waals surface area contributed by atoms with Crippen molar-refractivity contribution in [3.8, 4) is 0 Å². The van der Waals surface area contributed by atoms with E-state index >= 15 is 9.59 Å². The van der Waals surface area contributed by atoms with Crippen molar-refractivity contribution in [2.24, 2.45) is 41.4 Å². The molecule has 1 aliphatic rings. The third kappa shape index (κ3) is 22.6. The van der Waals surface area contributed by atoms with Gasteiger partial charge in [0.1, 0.15) is 60.4 Å². The van der Waals surface area contributed by atoms with Gasteiger partial charge in [-0.05, 0) is 100 Å². The van der Waals surface area contributed by atoms with Gasteiger partial charge in [0.05, 0.1) is 19.8 Å². The molecule has 1 fully saturated rings. The smallest absolute Gasteiger partial charge is 0.305 e. The number of ether oxygens (including phenoxy) is 1. The van der Waals surface area contributed by atoms with Crippen LogP contribution in [-0.2, 0) is 62.3 Å². The van der Waals surface area contributed by atoms with E-state index in [2.05, 4.69) is 21.3 Å².